The Morgan fingerprint density at radius 3 is 2.41 bits per heavy atom. The van der Waals surface area contributed by atoms with E-state index in [1.54, 1.807) is 41.7 Å². The summed E-state index contributed by atoms with van der Waals surface area (Å²) in [7, 11) is 1.61. The second-order valence-corrected chi connectivity index (χ2v) is 8.13. The molecular weight excluding hydrogens is 350 g/mol. The summed E-state index contributed by atoms with van der Waals surface area (Å²) in [6.07, 6.45) is -1.10. The van der Waals surface area contributed by atoms with Crippen LogP contribution in [0.4, 0.5) is 4.79 Å². The predicted octanol–water partition coefficient (Wildman–Crippen LogP) is 2.64. The lowest BCUT2D eigenvalue weighted by Gasteiger charge is -2.29. The van der Waals surface area contributed by atoms with Crippen LogP contribution in [0.2, 0.25) is 0 Å². The Morgan fingerprint density at radius 2 is 1.89 bits per heavy atom. The molecule has 3 atom stereocenters. The highest BCUT2D eigenvalue weighted by Gasteiger charge is 2.45. The fourth-order valence-corrected chi connectivity index (χ4v) is 3.07. The van der Waals surface area contributed by atoms with Gasteiger partial charge in [0.2, 0.25) is 0 Å². The Morgan fingerprint density at radius 1 is 1.26 bits per heavy atom. The molecule has 1 fully saturated rings. The van der Waals surface area contributed by atoms with E-state index in [0.29, 0.717) is 6.42 Å². The number of benzene rings is 1. The zero-order chi connectivity index (χ0) is 20.2. The summed E-state index contributed by atoms with van der Waals surface area (Å²) in [4.78, 5) is 12.4. The van der Waals surface area contributed by atoms with E-state index in [1.165, 1.54) is 0 Å². The van der Waals surface area contributed by atoms with Gasteiger partial charge in [-0.1, -0.05) is 12.1 Å². The standard InChI is InChI=1S/C20H31NO6/c1-19(2,3)27-18(23)21-15(11-13-7-9-14(24-6)10-8-13)17-16(12-22)25-20(4,5)26-17/h7-10,15-17,22H,11-12H2,1-6H3,(H,21,23)/t15-,16+,17+/m1/s1. The number of ether oxygens (including phenoxy) is 4. The number of amides is 1. The monoisotopic (exact) mass is 381 g/mol. The molecule has 2 rings (SSSR count). The normalized spacial score (nSPS) is 22.9. The van der Waals surface area contributed by atoms with Crippen molar-refractivity contribution >= 4 is 6.09 Å². The first-order chi connectivity index (χ1) is 12.5. The summed E-state index contributed by atoms with van der Waals surface area (Å²) >= 11 is 0. The van der Waals surface area contributed by atoms with Crippen molar-refractivity contribution in [3.8, 4) is 5.75 Å². The molecule has 27 heavy (non-hydrogen) atoms. The van der Waals surface area contributed by atoms with Gasteiger partial charge < -0.3 is 29.4 Å². The molecule has 7 nitrogen and oxygen atoms in total. The van der Waals surface area contributed by atoms with Crippen LogP contribution in [0.25, 0.3) is 0 Å². The first-order valence-electron chi connectivity index (χ1n) is 9.12. The van der Waals surface area contributed by atoms with Crippen molar-refractivity contribution in [3.05, 3.63) is 29.8 Å². The zero-order valence-electron chi connectivity index (χ0n) is 16.9. The third-order valence-electron chi connectivity index (χ3n) is 4.11. The molecule has 2 N–H and O–H groups in total. The van der Waals surface area contributed by atoms with Gasteiger partial charge in [-0.05, 0) is 58.7 Å². The Labute approximate surface area is 160 Å². The molecule has 1 aliphatic rings. The van der Waals surface area contributed by atoms with Gasteiger partial charge in [-0.2, -0.15) is 0 Å². The number of rotatable bonds is 6. The number of aliphatic hydroxyl groups excluding tert-OH is 1. The second kappa shape index (κ2) is 8.46. The van der Waals surface area contributed by atoms with Crippen molar-refractivity contribution in [1.29, 1.82) is 0 Å². The van der Waals surface area contributed by atoms with E-state index >= 15 is 0 Å². The fraction of sp³-hybridized carbons (Fsp3) is 0.650. The third kappa shape index (κ3) is 6.37. The number of aliphatic hydroxyl groups is 1. The van der Waals surface area contributed by atoms with E-state index in [9.17, 15) is 9.90 Å². The van der Waals surface area contributed by atoms with E-state index in [4.69, 9.17) is 18.9 Å². The average Bonchev–Trinajstić information content (AvgIpc) is 2.88. The SMILES string of the molecule is COc1ccc(C[C@@H](NC(=O)OC(C)(C)C)[C@@H]2OC(C)(C)O[C@H]2CO)cc1. The largest absolute Gasteiger partial charge is 0.497 e. The van der Waals surface area contributed by atoms with Gasteiger partial charge >= 0.3 is 6.09 Å². The highest BCUT2D eigenvalue weighted by Crippen LogP contribution is 2.31. The van der Waals surface area contributed by atoms with Gasteiger partial charge in [0.15, 0.2) is 5.79 Å². The number of nitrogens with one attached hydrogen (secondary N) is 1. The molecule has 152 valence electrons. The molecule has 1 aromatic rings. The van der Waals surface area contributed by atoms with Crippen molar-refractivity contribution in [1.82, 2.24) is 5.32 Å². The van der Waals surface area contributed by atoms with Crippen molar-refractivity contribution in [2.24, 2.45) is 0 Å². The van der Waals surface area contributed by atoms with Crippen molar-refractivity contribution < 1.29 is 28.8 Å². The molecular formula is C20H31NO6. The molecule has 0 bridgehead atoms. The molecule has 1 heterocycles. The summed E-state index contributed by atoms with van der Waals surface area (Å²) in [5.41, 5.74) is 0.374. The molecule has 1 saturated heterocycles. The average molecular weight is 381 g/mol. The van der Waals surface area contributed by atoms with Crippen molar-refractivity contribution in [3.63, 3.8) is 0 Å². The highest BCUT2D eigenvalue weighted by atomic mass is 16.8. The van der Waals surface area contributed by atoms with Gasteiger partial charge in [0.1, 0.15) is 23.6 Å². The molecule has 0 radical (unpaired) electrons. The minimum Gasteiger partial charge on any atom is -0.497 e. The van der Waals surface area contributed by atoms with Crippen LogP contribution in [0.3, 0.4) is 0 Å². The van der Waals surface area contributed by atoms with E-state index in [0.717, 1.165) is 11.3 Å². The molecule has 0 saturated carbocycles. The lowest BCUT2D eigenvalue weighted by atomic mass is 9.98. The minimum atomic E-state index is -0.841. The zero-order valence-corrected chi connectivity index (χ0v) is 16.9. The van der Waals surface area contributed by atoms with Crippen molar-refractivity contribution in [2.75, 3.05) is 13.7 Å². The van der Waals surface area contributed by atoms with Gasteiger partial charge in [0.25, 0.3) is 0 Å². The molecule has 1 aliphatic heterocycles. The molecule has 7 heteroatoms. The summed E-state index contributed by atoms with van der Waals surface area (Å²) in [5, 5.41) is 12.6. The van der Waals surface area contributed by atoms with Gasteiger partial charge in [-0.3, -0.25) is 0 Å². The molecule has 1 aromatic carbocycles. The van der Waals surface area contributed by atoms with E-state index < -0.39 is 35.7 Å². The van der Waals surface area contributed by atoms with Crippen LogP contribution in [-0.4, -0.2) is 54.6 Å². The molecule has 0 unspecified atom stereocenters. The number of hydrogen-bond donors (Lipinski definition) is 2. The second-order valence-electron chi connectivity index (χ2n) is 8.13. The van der Waals surface area contributed by atoms with Crippen LogP contribution >= 0.6 is 0 Å². The predicted molar refractivity (Wildman–Crippen MR) is 101 cm³/mol. The lowest BCUT2D eigenvalue weighted by Crippen LogP contribution is -2.51. The number of carbonyl (C=O) groups is 1. The molecule has 0 aromatic heterocycles. The van der Waals surface area contributed by atoms with Crippen LogP contribution in [0.1, 0.15) is 40.2 Å². The summed E-state index contributed by atoms with van der Waals surface area (Å²) in [5.74, 6) is -0.0866. The summed E-state index contributed by atoms with van der Waals surface area (Å²) in [6, 6.07) is 7.14. The summed E-state index contributed by atoms with van der Waals surface area (Å²) in [6.45, 7) is 8.78. The van der Waals surface area contributed by atoms with Crippen LogP contribution in [0, 0.1) is 0 Å². The number of carbonyl (C=O) groups excluding carboxylic acids is 1. The van der Waals surface area contributed by atoms with Crippen LogP contribution in [0.5, 0.6) is 5.75 Å². The fourth-order valence-electron chi connectivity index (χ4n) is 3.07. The lowest BCUT2D eigenvalue weighted by molar-refractivity contribution is -0.151. The first kappa shape index (κ1) is 21.5. The third-order valence-corrected chi connectivity index (χ3v) is 4.11. The first-order valence-corrected chi connectivity index (χ1v) is 9.12. The Hall–Kier alpha value is -1.83. The maximum Gasteiger partial charge on any atom is 0.407 e. The van der Waals surface area contributed by atoms with E-state index in [1.807, 2.05) is 24.3 Å². The van der Waals surface area contributed by atoms with Gasteiger partial charge in [0, 0.05) is 0 Å². The Bertz CT molecular complexity index is 622. The highest BCUT2D eigenvalue weighted by molar-refractivity contribution is 5.68. The van der Waals surface area contributed by atoms with Crippen molar-refractivity contribution in [2.45, 2.75) is 70.7 Å². The Balaban J connectivity index is 2.20. The molecule has 1 amide bonds. The van der Waals surface area contributed by atoms with E-state index in [2.05, 4.69) is 5.32 Å². The molecule has 0 spiro atoms. The minimum absolute atomic E-state index is 0.205. The van der Waals surface area contributed by atoms with Crippen LogP contribution < -0.4 is 10.1 Å². The Kier molecular flexibility index (Phi) is 6.72. The topological polar surface area (TPSA) is 86.3 Å². The van der Waals surface area contributed by atoms with Gasteiger partial charge in [-0.15, -0.1) is 0 Å². The number of methoxy groups -OCH3 is 1. The number of alkyl carbamates (subject to hydrolysis) is 1. The number of hydrogen-bond acceptors (Lipinski definition) is 6. The maximum atomic E-state index is 12.4. The van der Waals surface area contributed by atoms with Gasteiger partial charge in [0.05, 0.1) is 19.8 Å². The molecule has 0 aliphatic carbocycles. The maximum absolute atomic E-state index is 12.4. The quantitative estimate of drug-likeness (QED) is 0.788. The van der Waals surface area contributed by atoms with E-state index in [-0.39, 0.29) is 6.61 Å². The van der Waals surface area contributed by atoms with Gasteiger partial charge in [-0.25, -0.2) is 4.79 Å². The van der Waals surface area contributed by atoms with Crippen LogP contribution in [0.15, 0.2) is 24.3 Å². The van der Waals surface area contributed by atoms with Crippen LogP contribution in [-0.2, 0) is 20.6 Å². The summed E-state index contributed by atoms with van der Waals surface area (Å²) < 4.78 is 22.3. The smallest absolute Gasteiger partial charge is 0.407 e.